The van der Waals surface area contributed by atoms with Gasteiger partial charge in [0.25, 0.3) is 10.0 Å². The third-order valence-corrected chi connectivity index (χ3v) is 10.0. The van der Waals surface area contributed by atoms with E-state index in [2.05, 4.69) is 21.2 Å². The lowest BCUT2D eigenvalue weighted by molar-refractivity contribution is -0.140. The second kappa shape index (κ2) is 15.4. The van der Waals surface area contributed by atoms with Gasteiger partial charge in [0, 0.05) is 17.1 Å². The average Bonchev–Trinajstić information content (AvgIpc) is 3.53. The highest BCUT2D eigenvalue weighted by Gasteiger charge is 2.34. The highest BCUT2D eigenvalue weighted by molar-refractivity contribution is 9.10. The molecular formula is C33H40BrN3O6S. The Bertz CT molecular complexity index is 1510. The number of amides is 2. The first-order valence-electron chi connectivity index (χ1n) is 14.9. The molecule has 1 N–H and O–H groups in total. The van der Waals surface area contributed by atoms with Crippen molar-refractivity contribution >= 4 is 43.5 Å². The number of anilines is 1. The van der Waals surface area contributed by atoms with Crippen LogP contribution in [-0.4, -0.2) is 57.5 Å². The summed E-state index contributed by atoms with van der Waals surface area (Å²) >= 11 is 3.36. The van der Waals surface area contributed by atoms with Gasteiger partial charge in [-0.3, -0.25) is 13.9 Å². The number of methoxy groups -OCH3 is 1. The highest BCUT2D eigenvalue weighted by Crippen LogP contribution is 2.28. The van der Waals surface area contributed by atoms with Gasteiger partial charge in [0.05, 0.1) is 24.3 Å². The monoisotopic (exact) mass is 685 g/mol. The molecule has 3 aromatic rings. The molecule has 2 amide bonds. The number of carbonyl (C=O) groups excluding carboxylic acids is 2. The molecule has 9 nitrogen and oxygen atoms in total. The highest BCUT2D eigenvalue weighted by atomic mass is 79.9. The van der Waals surface area contributed by atoms with Crippen LogP contribution in [-0.2, 0) is 26.2 Å². The van der Waals surface area contributed by atoms with Gasteiger partial charge in [-0.05, 0) is 92.4 Å². The SMILES string of the molecule is CCOc1ccc(N(CC(=O)N(Cc2cccc(OC)c2)[C@@H](CC)C(=O)NC2CCCC2)S(=O)(=O)c2ccc(Br)cc2)cc1. The molecule has 0 aromatic heterocycles. The Balaban J connectivity index is 1.72. The molecule has 11 heteroatoms. The molecule has 0 radical (unpaired) electrons. The fraction of sp³-hybridized carbons (Fsp3) is 0.394. The third kappa shape index (κ3) is 8.32. The number of carbonyl (C=O) groups is 2. The largest absolute Gasteiger partial charge is 0.497 e. The number of sulfonamides is 1. The van der Waals surface area contributed by atoms with Crippen LogP contribution in [0.15, 0.2) is 82.2 Å². The van der Waals surface area contributed by atoms with E-state index in [1.165, 1.54) is 17.0 Å². The number of nitrogens with one attached hydrogen (secondary N) is 1. The molecule has 0 heterocycles. The van der Waals surface area contributed by atoms with E-state index in [4.69, 9.17) is 9.47 Å². The summed E-state index contributed by atoms with van der Waals surface area (Å²) in [4.78, 5) is 29.4. The number of rotatable bonds is 14. The average molecular weight is 687 g/mol. The summed E-state index contributed by atoms with van der Waals surface area (Å²) < 4.78 is 40.9. The number of ether oxygens (including phenoxy) is 2. The Hall–Kier alpha value is -3.57. The topological polar surface area (TPSA) is 105 Å². The Morgan fingerprint density at radius 3 is 2.27 bits per heavy atom. The van der Waals surface area contributed by atoms with E-state index in [-0.39, 0.29) is 23.4 Å². The molecule has 44 heavy (non-hydrogen) atoms. The minimum atomic E-state index is -4.18. The van der Waals surface area contributed by atoms with Gasteiger partial charge in [-0.1, -0.05) is 47.8 Å². The van der Waals surface area contributed by atoms with Gasteiger partial charge in [0.2, 0.25) is 11.8 Å². The van der Waals surface area contributed by atoms with Crippen molar-refractivity contribution in [3.8, 4) is 11.5 Å². The first-order valence-corrected chi connectivity index (χ1v) is 17.1. The molecule has 0 bridgehead atoms. The molecule has 0 aliphatic heterocycles. The van der Waals surface area contributed by atoms with Crippen LogP contribution in [0, 0.1) is 0 Å². The second-order valence-electron chi connectivity index (χ2n) is 10.7. The van der Waals surface area contributed by atoms with Gasteiger partial charge in [-0.2, -0.15) is 0 Å². The van der Waals surface area contributed by atoms with Crippen molar-refractivity contribution in [2.24, 2.45) is 0 Å². The minimum absolute atomic E-state index is 0.0350. The zero-order valence-corrected chi connectivity index (χ0v) is 27.8. The van der Waals surface area contributed by atoms with Crippen molar-refractivity contribution in [3.63, 3.8) is 0 Å². The van der Waals surface area contributed by atoms with E-state index in [9.17, 15) is 18.0 Å². The lowest BCUT2D eigenvalue weighted by atomic mass is 10.1. The van der Waals surface area contributed by atoms with Crippen LogP contribution in [0.5, 0.6) is 11.5 Å². The van der Waals surface area contributed by atoms with Crippen molar-refractivity contribution in [1.29, 1.82) is 0 Å². The number of halogens is 1. The van der Waals surface area contributed by atoms with Crippen LogP contribution in [0.4, 0.5) is 5.69 Å². The molecule has 1 fully saturated rings. The lowest BCUT2D eigenvalue weighted by Gasteiger charge is -2.34. The molecular weight excluding hydrogens is 646 g/mol. The van der Waals surface area contributed by atoms with Crippen LogP contribution >= 0.6 is 15.9 Å². The maximum atomic E-state index is 14.3. The summed E-state index contributed by atoms with van der Waals surface area (Å²) in [5, 5.41) is 3.13. The molecule has 1 aliphatic carbocycles. The van der Waals surface area contributed by atoms with Gasteiger partial charge in [-0.15, -0.1) is 0 Å². The predicted molar refractivity (Wildman–Crippen MR) is 174 cm³/mol. The fourth-order valence-electron chi connectivity index (χ4n) is 5.39. The fourth-order valence-corrected chi connectivity index (χ4v) is 7.07. The standard InChI is InChI=1S/C33H40BrN3O6S/c1-4-31(33(39)35-26-10-6-7-11-26)36(22-24-9-8-12-29(21-24)42-3)32(38)23-37(27-15-17-28(18-16-27)43-5-2)44(40,41)30-19-13-25(34)14-20-30/h8-9,12-21,26,31H,4-7,10-11,22-23H2,1-3H3,(H,35,39)/t31-/m0/s1. The molecule has 0 spiro atoms. The van der Waals surface area contributed by atoms with Crippen molar-refractivity contribution in [3.05, 3.63) is 82.8 Å². The van der Waals surface area contributed by atoms with Crippen LogP contribution in [0.2, 0.25) is 0 Å². The normalized spacial score (nSPS) is 14.1. The maximum absolute atomic E-state index is 14.3. The van der Waals surface area contributed by atoms with Crippen molar-refractivity contribution in [1.82, 2.24) is 10.2 Å². The first kappa shape index (κ1) is 33.3. The summed E-state index contributed by atoms with van der Waals surface area (Å²) in [5.41, 5.74) is 1.06. The summed E-state index contributed by atoms with van der Waals surface area (Å²) in [5.74, 6) is 0.458. The molecule has 1 aliphatic rings. The molecule has 1 atom stereocenters. The van der Waals surface area contributed by atoms with Crippen LogP contribution in [0.1, 0.15) is 51.5 Å². The van der Waals surface area contributed by atoms with E-state index in [0.717, 1.165) is 40.0 Å². The molecule has 4 rings (SSSR count). The van der Waals surface area contributed by atoms with Gasteiger partial charge < -0.3 is 19.7 Å². The maximum Gasteiger partial charge on any atom is 0.264 e. The van der Waals surface area contributed by atoms with Crippen molar-refractivity contribution in [2.75, 3.05) is 24.6 Å². The molecule has 0 saturated heterocycles. The molecule has 3 aromatic carbocycles. The summed E-state index contributed by atoms with van der Waals surface area (Å²) in [6.45, 7) is 3.76. The minimum Gasteiger partial charge on any atom is -0.497 e. The number of benzene rings is 3. The van der Waals surface area contributed by atoms with Crippen LogP contribution < -0.4 is 19.1 Å². The number of hydrogen-bond acceptors (Lipinski definition) is 6. The predicted octanol–water partition coefficient (Wildman–Crippen LogP) is 5.92. The van der Waals surface area contributed by atoms with E-state index < -0.39 is 28.5 Å². The van der Waals surface area contributed by atoms with Gasteiger partial charge in [-0.25, -0.2) is 8.42 Å². The summed E-state index contributed by atoms with van der Waals surface area (Å²) in [7, 11) is -2.61. The lowest BCUT2D eigenvalue weighted by Crippen LogP contribution is -2.53. The Kier molecular flexibility index (Phi) is 11.7. The molecule has 1 saturated carbocycles. The Labute approximate surface area is 268 Å². The van der Waals surface area contributed by atoms with E-state index in [0.29, 0.717) is 30.2 Å². The zero-order chi connectivity index (χ0) is 31.7. The Morgan fingerprint density at radius 2 is 1.66 bits per heavy atom. The Morgan fingerprint density at radius 1 is 0.977 bits per heavy atom. The summed E-state index contributed by atoms with van der Waals surface area (Å²) in [6, 6.07) is 19.4. The van der Waals surface area contributed by atoms with Gasteiger partial charge in [0.15, 0.2) is 0 Å². The third-order valence-electron chi connectivity index (χ3n) is 7.69. The molecule has 0 unspecified atom stereocenters. The van der Waals surface area contributed by atoms with E-state index in [1.807, 2.05) is 32.0 Å². The zero-order valence-electron chi connectivity index (χ0n) is 25.4. The molecule has 236 valence electrons. The smallest absolute Gasteiger partial charge is 0.264 e. The van der Waals surface area contributed by atoms with Gasteiger partial charge in [0.1, 0.15) is 24.1 Å². The van der Waals surface area contributed by atoms with Crippen LogP contribution in [0.3, 0.4) is 0 Å². The van der Waals surface area contributed by atoms with Crippen molar-refractivity contribution in [2.45, 2.75) is 69.5 Å². The van der Waals surface area contributed by atoms with Crippen LogP contribution in [0.25, 0.3) is 0 Å². The van der Waals surface area contributed by atoms with Crippen molar-refractivity contribution < 1.29 is 27.5 Å². The van der Waals surface area contributed by atoms with E-state index in [1.54, 1.807) is 49.6 Å². The number of hydrogen-bond donors (Lipinski definition) is 1. The second-order valence-corrected chi connectivity index (χ2v) is 13.5. The van der Waals surface area contributed by atoms with Gasteiger partial charge >= 0.3 is 0 Å². The first-order chi connectivity index (χ1) is 21.2. The van der Waals surface area contributed by atoms with E-state index >= 15 is 0 Å². The summed E-state index contributed by atoms with van der Waals surface area (Å²) in [6.07, 6.45) is 4.28. The quantitative estimate of drug-likeness (QED) is 0.226. The number of nitrogens with zero attached hydrogens (tertiary/aromatic N) is 2.